The Labute approximate surface area is 173 Å². The third-order valence-electron chi connectivity index (χ3n) is 5.52. The second kappa shape index (κ2) is 9.61. The van der Waals surface area contributed by atoms with E-state index in [1.807, 2.05) is 23.1 Å². The molecule has 1 heterocycles. The Morgan fingerprint density at radius 1 is 1.15 bits per heavy atom. The molecule has 1 saturated carbocycles. The molecule has 6 nitrogen and oxygen atoms in total. The molecular weight excluding hydrogens is 459 g/mol. The SMILES string of the molecule is O=C(O)C1CCC(Nc2ccc(C(=O)N3CCCCC3)cc2OCI)CC1. The average molecular weight is 486 g/mol. The van der Waals surface area contributed by atoms with Crippen molar-refractivity contribution in [3.05, 3.63) is 23.8 Å². The summed E-state index contributed by atoms with van der Waals surface area (Å²) in [5.74, 6) is -0.158. The number of carboxylic acid groups (broad SMARTS) is 1. The zero-order chi connectivity index (χ0) is 19.2. The molecule has 0 bridgehead atoms. The van der Waals surface area contributed by atoms with Gasteiger partial charge in [-0.15, -0.1) is 0 Å². The number of amides is 1. The molecule has 0 aromatic heterocycles. The highest BCUT2D eigenvalue weighted by Crippen LogP contribution is 2.32. The van der Waals surface area contributed by atoms with Crippen LogP contribution in [-0.2, 0) is 4.79 Å². The number of benzene rings is 1. The lowest BCUT2D eigenvalue weighted by Gasteiger charge is -2.29. The Kier molecular flexibility index (Phi) is 7.20. The number of hydrogen-bond donors (Lipinski definition) is 2. The maximum absolute atomic E-state index is 12.7. The molecule has 27 heavy (non-hydrogen) atoms. The summed E-state index contributed by atoms with van der Waals surface area (Å²) in [7, 11) is 0. The summed E-state index contributed by atoms with van der Waals surface area (Å²) >= 11 is 2.15. The van der Waals surface area contributed by atoms with Crippen molar-refractivity contribution >= 4 is 40.2 Å². The first kappa shape index (κ1) is 20.2. The molecular formula is C20H27IN2O4. The number of carbonyl (C=O) groups is 2. The fourth-order valence-corrected chi connectivity index (χ4v) is 4.27. The first-order valence-corrected chi connectivity index (χ1v) is 11.2. The van der Waals surface area contributed by atoms with Gasteiger partial charge >= 0.3 is 5.97 Å². The van der Waals surface area contributed by atoms with E-state index in [4.69, 9.17) is 9.84 Å². The minimum absolute atomic E-state index is 0.0709. The number of carbonyl (C=O) groups excluding carboxylic acids is 1. The van der Waals surface area contributed by atoms with Crippen LogP contribution in [0.5, 0.6) is 5.75 Å². The third kappa shape index (κ3) is 5.27. The van der Waals surface area contributed by atoms with Crippen LogP contribution in [0, 0.1) is 5.92 Å². The van der Waals surface area contributed by atoms with E-state index in [2.05, 4.69) is 27.9 Å². The number of likely N-dealkylation sites (tertiary alicyclic amines) is 1. The molecule has 7 heteroatoms. The van der Waals surface area contributed by atoms with E-state index in [0.717, 1.165) is 44.5 Å². The highest BCUT2D eigenvalue weighted by Gasteiger charge is 2.26. The van der Waals surface area contributed by atoms with Crippen molar-refractivity contribution in [1.82, 2.24) is 4.90 Å². The van der Waals surface area contributed by atoms with Crippen molar-refractivity contribution in [2.75, 3.05) is 23.0 Å². The van der Waals surface area contributed by atoms with Crippen LogP contribution in [0.2, 0.25) is 0 Å². The molecule has 148 valence electrons. The first-order chi connectivity index (χ1) is 13.1. The summed E-state index contributed by atoms with van der Waals surface area (Å²) < 4.78 is 6.27. The van der Waals surface area contributed by atoms with Crippen molar-refractivity contribution < 1.29 is 19.4 Å². The number of hydrogen-bond acceptors (Lipinski definition) is 4. The van der Waals surface area contributed by atoms with Crippen LogP contribution >= 0.6 is 22.6 Å². The van der Waals surface area contributed by atoms with E-state index in [1.165, 1.54) is 6.42 Å². The van der Waals surface area contributed by atoms with Crippen molar-refractivity contribution in [3.63, 3.8) is 0 Å². The fraction of sp³-hybridized carbons (Fsp3) is 0.600. The Morgan fingerprint density at radius 2 is 1.85 bits per heavy atom. The lowest BCUT2D eigenvalue weighted by atomic mass is 9.86. The van der Waals surface area contributed by atoms with Gasteiger partial charge in [0.15, 0.2) is 0 Å². The number of piperidine rings is 1. The molecule has 1 saturated heterocycles. The lowest BCUT2D eigenvalue weighted by Crippen LogP contribution is -2.35. The Bertz CT molecular complexity index is 668. The molecule has 2 N–H and O–H groups in total. The van der Waals surface area contributed by atoms with Gasteiger partial charge in [0.1, 0.15) is 10.4 Å². The summed E-state index contributed by atoms with van der Waals surface area (Å²) in [6, 6.07) is 5.85. The standard InChI is InChI=1S/C20H27IN2O4/c21-13-27-18-12-15(19(24)23-10-2-1-3-11-23)6-9-17(18)22-16-7-4-14(5-8-16)20(25)26/h6,9,12,14,16,22H,1-5,7-8,10-11,13H2,(H,25,26). The van der Waals surface area contributed by atoms with Crippen LogP contribution in [0.4, 0.5) is 5.69 Å². The molecule has 1 aromatic carbocycles. The summed E-state index contributed by atoms with van der Waals surface area (Å²) in [4.78, 5) is 25.8. The molecule has 2 fully saturated rings. The van der Waals surface area contributed by atoms with Crippen molar-refractivity contribution in [2.45, 2.75) is 51.0 Å². The molecule has 1 aromatic rings. The minimum Gasteiger partial charge on any atom is -0.481 e. The van der Waals surface area contributed by atoms with E-state index in [1.54, 1.807) is 0 Å². The number of carboxylic acids is 1. The maximum Gasteiger partial charge on any atom is 0.306 e. The van der Waals surface area contributed by atoms with Gasteiger partial charge in [-0.05, 0) is 85.7 Å². The Morgan fingerprint density at radius 3 is 2.48 bits per heavy atom. The summed E-state index contributed by atoms with van der Waals surface area (Å²) in [6.07, 6.45) is 6.38. The third-order valence-corrected chi connectivity index (χ3v) is 5.83. The Hall–Kier alpha value is -1.51. The van der Waals surface area contributed by atoms with Gasteiger partial charge < -0.3 is 20.1 Å². The lowest BCUT2D eigenvalue weighted by molar-refractivity contribution is -0.142. The van der Waals surface area contributed by atoms with Crippen LogP contribution in [0.15, 0.2) is 18.2 Å². The number of nitrogens with one attached hydrogen (secondary N) is 1. The zero-order valence-electron chi connectivity index (χ0n) is 15.5. The predicted molar refractivity (Wildman–Crippen MR) is 113 cm³/mol. The number of ether oxygens (including phenoxy) is 1. The minimum atomic E-state index is -0.692. The van der Waals surface area contributed by atoms with Crippen LogP contribution in [-0.4, -0.2) is 45.6 Å². The molecule has 3 rings (SSSR count). The van der Waals surface area contributed by atoms with Gasteiger partial charge in [0, 0.05) is 24.7 Å². The predicted octanol–water partition coefficient (Wildman–Crippen LogP) is 4.14. The molecule has 1 aliphatic carbocycles. The summed E-state index contributed by atoms with van der Waals surface area (Å²) in [5.41, 5.74) is 1.54. The number of rotatable bonds is 6. The normalized spacial score (nSPS) is 22.9. The van der Waals surface area contributed by atoms with Crippen molar-refractivity contribution in [3.8, 4) is 5.75 Å². The summed E-state index contributed by atoms with van der Waals surface area (Å²) in [5, 5.41) is 12.6. The molecule has 1 aliphatic heterocycles. The highest BCUT2D eigenvalue weighted by atomic mass is 127. The first-order valence-electron chi connectivity index (χ1n) is 9.70. The van der Waals surface area contributed by atoms with Crippen LogP contribution in [0.1, 0.15) is 55.3 Å². The number of halogens is 1. The van der Waals surface area contributed by atoms with Crippen LogP contribution < -0.4 is 10.1 Å². The zero-order valence-corrected chi connectivity index (χ0v) is 17.6. The molecule has 2 aliphatic rings. The van der Waals surface area contributed by atoms with Gasteiger partial charge in [0.25, 0.3) is 5.91 Å². The molecule has 0 spiro atoms. The van der Waals surface area contributed by atoms with E-state index >= 15 is 0 Å². The molecule has 0 atom stereocenters. The monoisotopic (exact) mass is 486 g/mol. The maximum atomic E-state index is 12.7. The fourth-order valence-electron chi connectivity index (χ4n) is 3.94. The van der Waals surface area contributed by atoms with Crippen molar-refractivity contribution in [2.24, 2.45) is 5.92 Å². The second-order valence-electron chi connectivity index (χ2n) is 7.35. The van der Waals surface area contributed by atoms with Crippen molar-refractivity contribution in [1.29, 1.82) is 0 Å². The molecule has 0 radical (unpaired) electrons. The summed E-state index contributed by atoms with van der Waals surface area (Å²) in [6.45, 7) is 1.66. The van der Waals surface area contributed by atoms with E-state index in [0.29, 0.717) is 28.8 Å². The second-order valence-corrected chi connectivity index (χ2v) is 7.97. The Balaban J connectivity index is 1.68. The van der Waals surface area contributed by atoms with Gasteiger partial charge in [-0.3, -0.25) is 9.59 Å². The topological polar surface area (TPSA) is 78.9 Å². The van der Waals surface area contributed by atoms with Gasteiger partial charge in [-0.25, -0.2) is 0 Å². The van der Waals surface area contributed by atoms with Crippen LogP contribution in [0.25, 0.3) is 0 Å². The average Bonchev–Trinajstić information content (AvgIpc) is 2.70. The van der Waals surface area contributed by atoms with Gasteiger partial charge in [0.2, 0.25) is 0 Å². The van der Waals surface area contributed by atoms with E-state index < -0.39 is 5.97 Å². The highest BCUT2D eigenvalue weighted by molar-refractivity contribution is 14.1. The largest absolute Gasteiger partial charge is 0.481 e. The number of anilines is 1. The number of aliphatic carboxylic acids is 1. The number of alkyl halides is 1. The van der Waals surface area contributed by atoms with Gasteiger partial charge in [0.05, 0.1) is 11.6 Å². The molecule has 1 amide bonds. The van der Waals surface area contributed by atoms with E-state index in [-0.39, 0.29) is 17.9 Å². The van der Waals surface area contributed by atoms with Gasteiger partial charge in [-0.2, -0.15) is 0 Å². The number of nitrogens with zero attached hydrogens (tertiary/aromatic N) is 1. The quantitative estimate of drug-likeness (QED) is 0.467. The van der Waals surface area contributed by atoms with Crippen LogP contribution in [0.3, 0.4) is 0 Å². The smallest absolute Gasteiger partial charge is 0.306 e. The van der Waals surface area contributed by atoms with Gasteiger partial charge in [-0.1, -0.05) is 0 Å². The van der Waals surface area contributed by atoms with E-state index in [9.17, 15) is 9.59 Å². The molecule has 0 unspecified atom stereocenters.